The Balaban J connectivity index is 2.26. The number of Topliss-reactive ketones (excluding diaryl/α,β-unsaturated/α-hetero) is 1. The number of carbonyl (C=O) groups is 1. The van der Waals surface area contributed by atoms with Crippen LogP contribution in [0.15, 0.2) is 38.7 Å². The third-order valence-corrected chi connectivity index (χ3v) is 3.55. The van der Waals surface area contributed by atoms with Crippen molar-refractivity contribution in [2.24, 2.45) is 5.73 Å². The molecule has 0 saturated carbocycles. The number of hydrogen-bond donors (Lipinski definition) is 1. The summed E-state index contributed by atoms with van der Waals surface area (Å²) < 4.78 is 5.71. The smallest absolute Gasteiger partial charge is 0.221 e. The van der Waals surface area contributed by atoms with Gasteiger partial charge in [0.25, 0.3) is 0 Å². The molecule has 0 amide bonds. The maximum absolute atomic E-state index is 11.9. The minimum atomic E-state index is -0.646. The van der Waals surface area contributed by atoms with E-state index < -0.39 is 6.04 Å². The van der Waals surface area contributed by atoms with E-state index in [1.165, 1.54) is 17.6 Å². The Bertz CT molecular complexity index is 463. The minimum absolute atomic E-state index is 0.214. The molecule has 2 rings (SSSR count). The summed E-state index contributed by atoms with van der Waals surface area (Å²) in [6.45, 7) is 0. The molecule has 0 saturated heterocycles. The van der Waals surface area contributed by atoms with Gasteiger partial charge in [-0.2, -0.15) is 0 Å². The summed E-state index contributed by atoms with van der Waals surface area (Å²) in [5.74, 6) is 0.0604. The van der Waals surface area contributed by atoms with Crippen LogP contribution in [-0.4, -0.2) is 5.78 Å². The Morgan fingerprint density at radius 2 is 2.33 bits per heavy atom. The average molecular weight is 286 g/mol. The Morgan fingerprint density at radius 3 is 2.87 bits per heavy atom. The predicted molar refractivity (Wildman–Crippen MR) is 62.0 cm³/mol. The number of ketones is 1. The Morgan fingerprint density at radius 1 is 1.53 bits per heavy atom. The topological polar surface area (TPSA) is 56.2 Å². The third-order valence-electron chi connectivity index (χ3n) is 1.97. The van der Waals surface area contributed by atoms with Crippen molar-refractivity contribution in [3.8, 4) is 0 Å². The summed E-state index contributed by atoms with van der Waals surface area (Å²) in [7, 11) is 0. The van der Waals surface area contributed by atoms with E-state index in [0.29, 0.717) is 4.47 Å². The molecule has 0 aliphatic heterocycles. The van der Waals surface area contributed by atoms with Crippen molar-refractivity contribution in [1.82, 2.24) is 0 Å². The molecule has 0 fully saturated rings. The van der Waals surface area contributed by atoms with Crippen LogP contribution < -0.4 is 5.73 Å². The number of hydrogen-bond acceptors (Lipinski definition) is 4. The molecule has 2 aromatic rings. The van der Waals surface area contributed by atoms with Gasteiger partial charge >= 0.3 is 0 Å². The average Bonchev–Trinajstić information content (AvgIpc) is 2.85. The van der Waals surface area contributed by atoms with Crippen molar-refractivity contribution in [3.05, 3.63) is 45.0 Å². The molecular weight excluding hydrogens is 278 g/mol. The summed E-state index contributed by atoms with van der Waals surface area (Å²) in [6, 6.07) is 4.73. The molecule has 2 N–H and O–H groups in total. The monoisotopic (exact) mass is 285 g/mol. The van der Waals surface area contributed by atoms with Crippen molar-refractivity contribution in [3.63, 3.8) is 0 Å². The highest BCUT2D eigenvalue weighted by molar-refractivity contribution is 9.10. The van der Waals surface area contributed by atoms with Gasteiger partial charge in [0.2, 0.25) is 5.78 Å². The normalized spacial score (nSPS) is 12.7. The molecule has 0 bridgehead atoms. The Hall–Kier alpha value is -0.910. The third kappa shape index (κ3) is 2.04. The van der Waals surface area contributed by atoms with E-state index >= 15 is 0 Å². The van der Waals surface area contributed by atoms with Gasteiger partial charge in [0, 0.05) is 4.88 Å². The first-order valence-corrected chi connectivity index (χ1v) is 5.93. The van der Waals surface area contributed by atoms with E-state index in [9.17, 15) is 4.79 Å². The lowest BCUT2D eigenvalue weighted by Gasteiger charge is -2.06. The number of carbonyl (C=O) groups excluding carboxylic acids is 1. The van der Waals surface area contributed by atoms with Crippen LogP contribution in [0.25, 0.3) is 0 Å². The molecule has 0 spiro atoms. The highest BCUT2D eigenvalue weighted by Gasteiger charge is 2.23. The summed E-state index contributed by atoms with van der Waals surface area (Å²) in [6.07, 6.45) is 1.46. The van der Waals surface area contributed by atoms with Crippen LogP contribution in [-0.2, 0) is 0 Å². The predicted octanol–water partition coefficient (Wildman–Crippen LogP) is 2.99. The standard InChI is InChI=1S/C10H8BrNO2S/c11-6-3-4-14-10(6)9(13)8(12)7-2-1-5-15-7/h1-5,8H,12H2. The van der Waals surface area contributed by atoms with E-state index in [-0.39, 0.29) is 11.5 Å². The zero-order valence-electron chi connectivity index (χ0n) is 7.64. The molecule has 0 aliphatic carbocycles. The SMILES string of the molecule is NC(C(=O)c1occc1Br)c1cccs1. The molecule has 5 heteroatoms. The van der Waals surface area contributed by atoms with E-state index in [4.69, 9.17) is 10.2 Å². The number of rotatable bonds is 3. The molecule has 78 valence electrons. The van der Waals surface area contributed by atoms with Crippen LogP contribution in [0, 0.1) is 0 Å². The molecule has 1 atom stereocenters. The molecular formula is C10H8BrNO2S. The zero-order chi connectivity index (χ0) is 10.8. The lowest BCUT2D eigenvalue weighted by Crippen LogP contribution is -2.20. The molecule has 2 aromatic heterocycles. The van der Waals surface area contributed by atoms with Crippen molar-refractivity contribution in [1.29, 1.82) is 0 Å². The number of halogens is 1. The van der Waals surface area contributed by atoms with E-state index in [2.05, 4.69) is 15.9 Å². The summed E-state index contributed by atoms with van der Waals surface area (Å²) >= 11 is 4.69. The van der Waals surface area contributed by atoms with Crippen molar-refractivity contribution < 1.29 is 9.21 Å². The van der Waals surface area contributed by atoms with Gasteiger partial charge in [-0.3, -0.25) is 4.79 Å². The zero-order valence-corrected chi connectivity index (χ0v) is 10.0. The van der Waals surface area contributed by atoms with Gasteiger partial charge in [0.1, 0.15) is 6.04 Å². The number of nitrogens with two attached hydrogens (primary N) is 1. The molecule has 0 aromatic carbocycles. The molecule has 3 nitrogen and oxygen atoms in total. The lowest BCUT2D eigenvalue weighted by molar-refractivity contribution is 0.0934. The first-order valence-electron chi connectivity index (χ1n) is 4.26. The number of thiophene rings is 1. The maximum Gasteiger partial charge on any atom is 0.221 e. The fourth-order valence-electron chi connectivity index (χ4n) is 1.21. The largest absolute Gasteiger partial charge is 0.460 e. The second-order valence-corrected chi connectivity index (χ2v) is 4.79. The summed E-state index contributed by atoms with van der Waals surface area (Å²) in [4.78, 5) is 12.7. The summed E-state index contributed by atoms with van der Waals surface area (Å²) in [5, 5.41) is 1.89. The van der Waals surface area contributed by atoms with Gasteiger partial charge in [-0.05, 0) is 33.4 Å². The van der Waals surface area contributed by atoms with E-state index in [1.54, 1.807) is 6.07 Å². The van der Waals surface area contributed by atoms with Gasteiger partial charge < -0.3 is 10.2 Å². The molecule has 15 heavy (non-hydrogen) atoms. The maximum atomic E-state index is 11.9. The van der Waals surface area contributed by atoms with Gasteiger partial charge in [0.15, 0.2) is 5.76 Å². The quantitative estimate of drug-likeness (QED) is 0.882. The van der Waals surface area contributed by atoms with Crippen molar-refractivity contribution in [2.75, 3.05) is 0 Å². The van der Waals surface area contributed by atoms with Gasteiger partial charge in [0.05, 0.1) is 10.7 Å². The lowest BCUT2D eigenvalue weighted by atomic mass is 10.1. The first-order chi connectivity index (χ1) is 7.20. The van der Waals surface area contributed by atoms with Gasteiger partial charge in [-0.1, -0.05) is 6.07 Å². The first kappa shape index (κ1) is 10.6. The van der Waals surface area contributed by atoms with Crippen LogP contribution in [0.1, 0.15) is 21.5 Å². The van der Waals surface area contributed by atoms with Gasteiger partial charge in [-0.25, -0.2) is 0 Å². The highest BCUT2D eigenvalue weighted by atomic mass is 79.9. The van der Waals surface area contributed by atoms with Crippen LogP contribution in [0.3, 0.4) is 0 Å². The second-order valence-electron chi connectivity index (χ2n) is 2.96. The van der Waals surface area contributed by atoms with Crippen LogP contribution >= 0.6 is 27.3 Å². The summed E-state index contributed by atoms with van der Waals surface area (Å²) in [5.41, 5.74) is 5.82. The number of furan rings is 1. The molecule has 1 unspecified atom stereocenters. The van der Waals surface area contributed by atoms with Crippen LogP contribution in [0.4, 0.5) is 0 Å². The Kier molecular flexibility index (Phi) is 3.04. The fraction of sp³-hybridized carbons (Fsp3) is 0.100. The van der Waals surface area contributed by atoms with E-state index in [1.807, 2.05) is 17.5 Å². The van der Waals surface area contributed by atoms with Crippen LogP contribution in [0.2, 0.25) is 0 Å². The molecule has 2 heterocycles. The Labute approximate surface area is 99.0 Å². The highest BCUT2D eigenvalue weighted by Crippen LogP contribution is 2.25. The van der Waals surface area contributed by atoms with Crippen LogP contribution in [0.5, 0.6) is 0 Å². The fourth-order valence-corrected chi connectivity index (χ4v) is 2.33. The minimum Gasteiger partial charge on any atom is -0.460 e. The van der Waals surface area contributed by atoms with Crippen molar-refractivity contribution in [2.45, 2.75) is 6.04 Å². The molecule has 0 aliphatic rings. The van der Waals surface area contributed by atoms with Crippen molar-refractivity contribution >= 4 is 33.0 Å². The van der Waals surface area contributed by atoms with Gasteiger partial charge in [-0.15, -0.1) is 11.3 Å². The second kappa shape index (κ2) is 4.30. The molecule has 0 radical (unpaired) electrons. The van der Waals surface area contributed by atoms with E-state index in [0.717, 1.165) is 4.88 Å².